The molecule has 0 radical (unpaired) electrons. The van der Waals surface area contributed by atoms with Crippen molar-refractivity contribution < 1.29 is 28.6 Å². The number of hydrogen-bond acceptors (Lipinski definition) is 9. The molecule has 1 fully saturated rings. The minimum atomic E-state index is -1.15. The van der Waals surface area contributed by atoms with Crippen LogP contribution in [0.25, 0.3) is 0 Å². The molecule has 1 heterocycles. The van der Waals surface area contributed by atoms with Crippen LogP contribution in [0.5, 0.6) is 0 Å². The summed E-state index contributed by atoms with van der Waals surface area (Å²) in [5.41, 5.74) is 16.2. The molecule has 1 saturated heterocycles. The van der Waals surface area contributed by atoms with Gasteiger partial charge in [-0.25, -0.2) is 0 Å². The summed E-state index contributed by atoms with van der Waals surface area (Å²) in [6, 6.07) is -3.45. The Kier molecular flexibility index (Phi) is 5.01. The molecule has 18 heavy (non-hydrogen) atoms. The Hall–Kier alpha value is -1.71. The lowest BCUT2D eigenvalue weighted by Gasteiger charge is -2.18. The van der Waals surface area contributed by atoms with E-state index in [1.807, 2.05) is 0 Å². The first kappa shape index (κ1) is 14.4. The molecule has 9 heteroatoms. The van der Waals surface area contributed by atoms with Gasteiger partial charge in [0, 0.05) is 0 Å². The Morgan fingerprint density at radius 3 is 1.11 bits per heavy atom. The van der Waals surface area contributed by atoms with Crippen LogP contribution in [0.3, 0.4) is 0 Å². The van der Waals surface area contributed by atoms with Gasteiger partial charge >= 0.3 is 17.9 Å². The summed E-state index contributed by atoms with van der Waals surface area (Å²) in [4.78, 5) is 33.9. The van der Waals surface area contributed by atoms with E-state index in [4.69, 9.17) is 17.2 Å². The Morgan fingerprint density at radius 1 is 0.667 bits per heavy atom. The second kappa shape index (κ2) is 6.28. The molecule has 1 rings (SSSR count). The predicted octanol–water partition coefficient (Wildman–Crippen LogP) is -3.39. The zero-order valence-electron chi connectivity index (χ0n) is 9.53. The van der Waals surface area contributed by atoms with Crippen LogP contribution in [0, 0.1) is 0 Å². The third-order valence-electron chi connectivity index (χ3n) is 2.12. The molecule has 1 aliphatic heterocycles. The van der Waals surface area contributed by atoms with E-state index in [1.54, 1.807) is 0 Å². The summed E-state index contributed by atoms with van der Waals surface area (Å²) in [5, 5.41) is 0. The SMILES string of the molecule is N[C@H]1COC(=O)[C@@H](N)COC(=O)[C@@H](N)COC1=O. The number of nitrogens with two attached hydrogens (primary N) is 3. The van der Waals surface area contributed by atoms with Crippen LogP contribution in [-0.4, -0.2) is 55.9 Å². The van der Waals surface area contributed by atoms with Crippen molar-refractivity contribution in [1.82, 2.24) is 0 Å². The Morgan fingerprint density at radius 2 is 0.889 bits per heavy atom. The molecule has 0 bridgehead atoms. The topological polar surface area (TPSA) is 157 Å². The third kappa shape index (κ3) is 3.95. The van der Waals surface area contributed by atoms with Crippen LogP contribution in [0.1, 0.15) is 0 Å². The molecule has 0 spiro atoms. The van der Waals surface area contributed by atoms with Gasteiger partial charge in [-0.3, -0.25) is 14.4 Å². The molecule has 0 aromatic rings. The first-order valence-electron chi connectivity index (χ1n) is 5.18. The van der Waals surface area contributed by atoms with Gasteiger partial charge in [0.1, 0.15) is 37.9 Å². The van der Waals surface area contributed by atoms with Gasteiger partial charge in [-0.1, -0.05) is 0 Å². The lowest BCUT2D eigenvalue weighted by Crippen LogP contribution is -2.47. The van der Waals surface area contributed by atoms with Crippen LogP contribution in [0.2, 0.25) is 0 Å². The molecular weight excluding hydrogens is 246 g/mol. The second-order valence-corrected chi connectivity index (χ2v) is 3.71. The normalized spacial score (nSPS) is 31.5. The highest BCUT2D eigenvalue weighted by atomic mass is 16.6. The quantitative estimate of drug-likeness (QED) is 0.298. The average molecular weight is 261 g/mol. The monoisotopic (exact) mass is 261 g/mol. The number of rotatable bonds is 0. The van der Waals surface area contributed by atoms with Crippen molar-refractivity contribution in [1.29, 1.82) is 0 Å². The van der Waals surface area contributed by atoms with Gasteiger partial charge in [-0.2, -0.15) is 0 Å². The maximum atomic E-state index is 11.3. The molecule has 3 atom stereocenters. The number of ether oxygens (including phenoxy) is 3. The average Bonchev–Trinajstić information content (AvgIpc) is 2.36. The van der Waals surface area contributed by atoms with Gasteiger partial charge in [0.05, 0.1) is 0 Å². The number of cyclic esters (lactones) is 3. The third-order valence-corrected chi connectivity index (χ3v) is 2.12. The smallest absolute Gasteiger partial charge is 0.326 e. The van der Waals surface area contributed by atoms with Gasteiger partial charge in [0.25, 0.3) is 0 Å². The standard InChI is InChI=1S/C9H15N3O6/c10-4-1-16-8(14)5(11)2-18-9(15)6(12)3-17-7(4)13/h4-6H,1-3,10-12H2/t4-,5-,6-/m0/s1. The largest absolute Gasteiger partial charge is 0.462 e. The van der Waals surface area contributed by atoms with Crippen LogP contribution in [0.15, 0.2) is 0 Å². The van der Waals surface area contributed by atoms with Crippen LogP contribution < -0.4 is 17.2 Å². The Bertz CT molecular complexity index is 295. The lowest BCUT2D eigenvalue weighted by molar-refractivity contribution is -0.159. The minimum absolute atomic E-state index is 0.367. The van der Waals surface area contributed by atoms with Crippen molar-refractivity contribution in [3.05, 3.63) is 0 Å². The summed E-state index contributed by atoms with van der Waals surface area (Å²) in [6.45, 7) is -1.10. The van der Waals surface area contributed by atoms with E-state index < -0.39 is 36.0 Å². The molecular formula is C9H15N3O6. The fourth-order valence-corrected chi connectivity index (χ4v) is 1.04. The van der Waals surface area contributed by atoms with Crippen molar-refractivity contribution >= 4 is 17.9 Å². The summed E-state index contributed by atoms with van der Waals surface area (Å²) in [7, 11) is 0. The maximum Gasteiger partial charge on any atom is 0.326 e. The molecule has 0 aromatic heterocycles. The first-order chi connectivity index (χ1) is 8.41. The van der Waals surface area contributed by atoms with E-state index in [-0.39, 0.29) is 19.8 Å². The summed E-state index contributed by atoms with van der Waals surface area (Å²) in [5.74, 6) is -2.50. The second-order valence-electron chi connectivity index (χ2n) is 3.71. The van der Waals surface area contributed by atoms with E-state index >= 15 is 0 Å². The molecule has 6 N–H and O–H groups in total. The zero-order chi connectivity index (χ0) is 13.7. The van der Waals surface area contributed by atoms with Gasteiger partial charge in [-0.05, 0) is 0 Å². The summed E-state index contributed by atoms with van der Waals surface area (Å²) >= 11 is 0. The molecule has 0 saturated carbocycles. The first-order valence-corrected chi connectivity index (χ1v) is 5.18. The fourth-order valence-electron chi connectivity index (χ4n) is 1.04. The van der Waals surface area contributed by atoms with Gasteiger partial charge < -0.3 is 31.4 Å². The van der Waals surface area contributed by atoms with E-state index in [2.05, 4.69) is 14.2 Å². The predicted molar refractivity (Wildman–Crippen MR) is 56.8 cm³/mol. The Balaban J connectivity index is 2.70. The van der Waals surface area contributed by atoms with E-state index in [1.165, 1.54) is 0 Å². The van der Waals surface area contributed by atoms with Crippen molar-refractivity contribution in [2.75, 3.05) is 19.8 Å². The van der Waals surface area contributed by atoms with E-state index in [0.29, 0.717) is 0 Å². The number of hydrogen-bond donors (Lipinski definition) is 3. The van der Waals surface area contributed by atoms with Crippen molar-refractivity contribution in [2.24, 2.45) is 17.2 Å². The number of carbonyl (C=O) groups is 3. The van der Waals surface area contributed by atoms with Crippen molar-refractivity contribution in [2.45, 2.75) is 18.1 Å². The molecule has 0 unspecified atom stereocenters. The van der Waals surface area contributed by atoms with Crippen LogP contribution >= 0.6 is 0 Å². The van der Waals surface area contributed by atoms with Gasteiger partial charge in [0.2, 0.25) is 0 Å². The van der Waals surface area contributed by atoms with E-state index in [9.17, 15) is 14.4 Å². The zero-order valence-corrected chi connectivity index (χ0v) is 9.53. The maximum absolute atomic E-state index is 11.3. The number of carbonyl (C=O) groups excluding carboxylic acids is 3. The summed E-state index contributed by atoms with van der Waals surface area (Å²) < 4.78 is 14.0. The minimum Gasteiger partial charge on any atom is -0.462 e. The van der Waals surface area contributed by atoms with Crippen LogP contribution in [0.4, 0.5) is 0 Å². The number of esters is 3. The highest BCUT2D eigenvalue weighted by molar-refractivity contribution is 5.80. The molecule has 0 aliphatic carbocycles. The molecule has 9 nitrogen and oxygen atoms in total. The molecule has 0 amide bonds. The van der Waals surface area contributed by atoms with Gasteiger partial charge in [0.15, 0.2) is 0 Å². The van der Waals surface area contributed by atoms with Gasteiger partial charge in [-0.15, -0.1) is 0 Å². The lowest BCUT2D eigenvalue weighted by atomic mass is 10.3. The molecule has 102 valence electrons. The van der Waals surface area contributed by atoms with Crippen molar-refractivity contribution in [3.63, 3.8) is 0 Å². The highest BCUT2D eigenvalue weighted by Gasteiger charge is 2.26. The molecule has 1 aliphatic rings. The van der Waals surface area contributed by atoms with Crippen LogP contribution in [-0.2, 0) is 28.6 Å². The fraction of sp³-hybridized carbons (Fsp3) is 0.667. The molecule has 0 aromatic carbocycles. The highest BCUT2D eigenvalue weighted by Crippen LogP contribution is 1.97. The van der Waals surface area contributed by atoms with E-state index in [0.717, 1.165) is 0 Å². The van der Waals surface area contributed by atoms with Crippen molar-refractivity contribution in [3.8, 4) is 0 Å². The summed E-state index contributed by atoms with van der Waals surface area (Å²) in [6.07, 6.45) is 0. The Labute approximate surface area is 102 Å².